The lowest BCUT2D eigenvalue weighted by molar-refractivity contribution is -0.149. The molecule has 9 heteroatoms. The van der Waals surface area contributed by atoms with Gasteiger partial charge in [0, 0.05) is 48.9 Å². The summed E-state index contributed by atoms with van der Waals surface area (Å²) in [6, 6.07) is 8.44. The van der Waals surface area contributed by atoms with Crippen LogP contribution in [0.1, 0.15) is 28.9 Å². The summed E-state index contributed by atoms with van der Waals surface area (Å²) in [5, 5.41) is 6.23. The van der Waals surface area contributed by atoms with E-state index in [0.29, 0.717) is 34.3 Å². The molecule has 0 bridgehead atoms. The van der Waals surface area contributed by atoms with E-state index in [9.17, 15) is 22.4 Å². The molecule has 2 aromatic carbocycles. The van der Waals surface area contributed by atoms with Crippen molar-refractivity contribution in [2.45, 2.75) is 19.1 Å². The number of amides is 1. The van der Waals surface area contributed by atoms with E-state index in [4.69, 9.17) is 4.42 Å². The van der Waals surface area contributed by atoms with Crippen molar-refractivity contribution in [3.8, 4) is 11.3 Å². The van der Waals surface area contributed by atoms with Crippen molar-refractivity contribution in [3.05, 3.63) is 53.3 Å². The molecule has 0 saturated carbocycles. The van der Waals surface area contributed by atoms with E-state index >= 15 is 0 Å². The van der Waals surface area contributed by atoms with Crippen molar-refractivity contribution in [2.75, 3.05) is 32.0 Å². The predicted octanol–water partition coefficient (Wildman–Crippen LogP) is 4.95. The Hall–Kier alpha value is -3.07. The van der Waals surface area contributed by atoms with Crippen LogP contribution in [0.15, 0.2) is 40.8 Å². The number of hydrogen-bond donors (Lipinski definition) is 2. The highest BCUT2D eigenvalue weighted by Gasteiger charge is 2.35. The van der Waals surface area contributed by atoms with E-state index in [1.807, 2.05) is 0 Å². The Morgan fingerprint density at radius 3 is 2.61 bits per heavy atom. The predicted molar refractivity (Wildman–Crippen MR) is 110 cm³/mol. The summed E-state index contributed by atoms with van der Waals surface area (Å²) in [6.07, 6.45) is -4.32. The fraction of sp³-hybridized carbons (Fsp3) is 0.318. The number of fused-ring (bicyclic) bond motifs is 2. The molecule has 1 atom stereocenters. The van der Waals surface area contributed by atoms with Crippen LogP contribution >= 0.6 is 0 Å². The van der Waals surface area contributed by atoms with Crippen LogP contribution in [0.4, 0.5) is 23.2 Å². The summed E-state index contributed by atoms with van der Waals surface area (Å²) in [7, 11) is 1.48. The number of halogens is 4. The van der Waals surface area contributed by atoms with Crippen molar-refractivity contribution in [1.82, 2.24) is 10.2 Å². The van der Waals surface area contributed by atoms with Gasteiger partial charge < -0.3 is 15.1 Å². The minimum absolute atomic E-state index is 0.222. The molecule has 5 nitrogen and oxygen atoms in total. The molecule has 1 unspecified atom stereocenters. The number of benzene rings is 2. The van der Waals surface area contributed by atoms with E-state index in [2.05, 4.69) is 10.6 Å². The second-order valence-electron chi connectivity index (χ2n) is 7.52. The monoisotopic (exact) mass is 435 g/mol. The zero-order valence-electron chi connectivity index (χ0n) is 16.9. The molecule has 4 rings (SSSR count). The molecule has 1 aromatic heterocycles. The van der Waals surface area contributed by atoms with E-state index in [0.717, 1.165) is 0 Å². The van der Waals surface area contributed by atoms with E-state index < -0.39 is 30.5 Å². The lowest BCUT2D eigenvalue weighted by Gasteiger charge is -2.28. The number of nitrogens with zero attached hydrogens (tertiary/aromatic N) is 1. The maximum Gasteiger partial charge on any atom is 0.401 e. The SMILES string of the molecule is CNC(=O)c1c(-c2ccc(F)cc2)oc2cc3c(cc12)C(C)N(CC(F)(F)F)CCN3. The van der Waals surface area contributed by atoms with Gasteiger partial charge in [-0.2, -0.15) is 13.2 Å². The zero-order valence-corrected chi connectivity index (χ0v) is 16.9. The highest BCUT2D eigenvalue weighted by molar-refractivity contribution is 6.11. The van der Waals surface area contributed by atoms with Gasteiger partial charge in [-0.3, -0.25) is 9.69 Å². The first-order valence-electron chi connectivity index (χ1n) is 9.81. The molecule has 0 radical (unpaired) electrons. The maximum atomic E-state index is 13.4. The fourth-order valence-electron chi connectivity index (χ4n) is 3.98. The fourth-order valence-corrected chi connectivity index (χ4v) is 3.98. The smallest absolute Gasteiger partial charge is 0.401 e. The molecule has 2 N–H and O–H groups in total. The Labute approximate surface area is 176 Å². The van der Waals surface area contributed by atoms with E-state index in [-0.39, 0.29) is 17.9 Å². The van der Waals surface area contributed by atoms with Crippen molar-refractivity contribution in [2.24, 2.45) is 0 Å². The Morgan fingerprint density at radius 1 is 1.26 bits per heavy atom. The standard InChI is InChI=1S/C22H21F4N3O2/c1-12-15-9-16-18(10-17(15)28-7-8-29(12)11-22(24,25)26)31-20(19(16)21(30)27-2)13-3-5-14(23)6-4-13/h3-6,9-10,12,28H,7-8,11H2,1-2H3,(H,27,30). The third-order valence-electron chi connectivity index (χ3n) is 5.52. The van der Waals surface area contributed by atoms with Gasteiger partial charge in [-0.1, -0.05) is 0 Å². The second-order valence-corrected chi connectivity index (χ2v) is 7.52. The molecule has 3 aromatic rings. The molecule has 1 aliphatic rings. The van der Waals surface area contributed by atoms with Gasteiger partial charge >= 0.3 is 6.18 Å². The Morgan fingerprint density at radius 2 is 1.97 bits per heavy atom. The van der Waals surface area contributed by atoms with Crippen LogP contribution in [0.3, 0.4) is 0 Å². The first-order chi connectivity index (χ1) is 14.7. The van der Waals surface area contributed by atoms with Crippen molar-refractivity contribution < 1.29 is 26.8 Å². The number of anilines is 1. The molecule has 0 aliphatic carbocycles. The van der Waals surface area contributed by atoms with Gasteiger partial charge in [0.15, 0.2) is 0 Å². The Balaban J connectivity index is 1.88. The molecule has 0 fully saturated rings. The van der Waals surface area contributed by atoms with E-state index in [1.165, 1.54) is 36.2 Å². The summed E-state index contributed by atoms with van der Waals surface area (Å²) in [6.45, 7) is 1.25. The topological polar surface area (TPSA) is 57.5 Å². The van der Waals surface area contributed by atoms with Crippen LogP contribution in [-0.2, 0) is 0 Å². The quantitative estimate of drug-likeness (QED) is 0.572. The summed E-state index contributed by atoms with van der Waals surface area (Å²) in [4.78, 5) is 14.1. The molecule has 164 valence electrons. The summed E-state index contributed by atoms with van der Waals surface area (Å²) < 4.78 is 58.5. The second kappa shape index (κ2) is 7.88. The van der Waals surface area contributed by atoms with Gasteiger partial charge in [-0.05, 0) is 42.8 Å². The summed E-state index contributed by atoms with van der Waals surface area (Å²) in [5.74, 6) is -0.551. The molecular formula is C22H21F4N3O2. The van der Waals surface area contributed by atoms with Gasteiger partial charge in [-0.25, -0.2) is 4.39 Å². The van der Waals surface area contributed by atoms with Crippen LogP contribution in [0, 0.1) is 5.82 Å². The van der Waals surface area contributed by atoms with Gasteiger partial charge in [0.1, 0.15) is 17.2 Å². The normalized spacial score (nSPS) is 17.2. The van der Waals surface area contributed by atoms with Gasteiger partial charge in [0.25, 0.3) is 5.91 Å². The minimum Gasteiger partial charge on any atom is -0.455 e. The number of furan rings is 1. The van der Waals surface area contributed by atoms with Crippen LogP contribution in [0.5, 0.6) is 0 Å². The number of alkyl halides is 3. The zero-order chi connectivity index (χ0) is 22.3. The molecule has 1 aliphatic heterocycles. The van der Waals surface area contributed by atoms with Crippen molar-refractivity contribution in [3.63, 3.8) is 0 Å². The lowest BCUT2D eigenvalue weighted by atomic mass is 9.99. The first-order valence-corrected chi connectivity index (χ1v) is 9.81. The highest BCUT2D eigenvalue weighted by Crippen LogP contribution is 2.40. The molecule has 0 saturated heterocycles. The number of carbonyl (C=O) groups is 1. The molecule has 2 heterocycles. The summed E-state index contributed by atoms with van der Waals surface area (Å²) in [5.41, 5.74) is 2.50. The first kappa shape index (κ1) is 21.2. The lowest BCUT2D eigenvalue weighted by Crippen LogP contribution is -2.37. The molecule has 0 spiro atoms. The third-order valence-corrected chi connectivity index (χ3v) is 5.52. The number of hydrogen-bond acceptors (Lipinski definition) is 4. The average molecular weight is 435 g/mol. The van der Waals surface area contributed by atoms with Crippen LogP contribution in [-0.4, -0.2) is 43.7 Å². The number of nitrogens with one attached hydrogen (secondary N) is 2. The van der Waals surface area contributed by atoms with Crippen LogP contribution < -0.4 is 10.6 Å². The number of rotatable bonds is 3. The summed E-state index contributed by atoms with van der Waals surface area (Å²) >= 11 is 0. The van der Waals surface area contributed by atoms with E-state index in [1.54, 1.807) is 19.1 Å². The van der Waals surface area contributed by atoms with Crippen LogP contribution in [0.2, 0.25) is 0 Å². The Kier molecular flexibility index (Phi) is 5.38. The van der Waals surface area contributed by atoms with Gasteiger partial charge in [0.05, 0.1) is 12.1 Å². The van der Waals surface area contributed by atoms with Crippen molar-refractivity contribution >= 4 is 22.6 Å². The van der Waals surface area contributed by atoms with Gasteiger partial charge in [-0.15, -0.1) is 0 Å². The van der Waals surface area contributed by atoms with Gasteiger partial charge in [0.2, 0.25) is 0 Å². The minimum atomic E-state index is -4.32. The maximum absolute atomic E-state index is 13.4. The number of carbonyl (C=O) groups excluding carboxylic acids is 1. The van der Waals surface area contributed by atoms with Crippen molar-refractivity contribution in [1.29, 1.82) is 0 Å². The highest BCUT2D eigenvalue weighted by atomic mass is 19.4. The molecular weight excluding hydrogens is 414 g/mol. The Bertz CT molecular complexity index is 1120. The molecule has 31 heavy (non-hydrogen) atoms. The molecule has 1 amide bonds. The van der Waals surface area contributed by atoms with Crippen LogP contribution in [0.25, 0.3) is 22.3 Å². The third kappa shape index (κ3) is 4.10. The largest absolute Gasteiger partial charge is 0.455 e. The average Bonchev–Trinajstić information content (AvgIpc) is 3.02.